The van der Waals surface area contributed by atoms with Crippen LogP contribution < -0.4 is 11.5 Å². The highest BCUT2D eigenvalue weighted by Gasteiger charge is 2.09. The number of hydrogen-bond acceptors (Lipinski definition) is 2. The highest BCUT2D eigenvalue weighted by atomic mass is 14.5. The number of benzene rings is 2. The van der Waals surface area contributed by atoms with Gasteiger partial charge in [0.25, 0.3) is 0 Å². The number of hydrogen-bond donors (Lipinski definition) is 2. The molecule has 2 nitrogen and oxygen atoms in total. The second-order valence-electron chi connectivity index (χ2n) is 9.27. The largest absolute Gasteiger partial charge is 0.399 e. The van der Waals surface area contributed by atoms with Gasteiger partial charge in [0.15, 0.2) is 0 Å². The van der Waals surface area contributed by atoms with Crippen LogP contribution in [-0.2, 0) is 19.3 Å². The molecule has 172 valence electrons. The molecule has 0 amide bonds. The van der Waals surface area contributed by atoms with E-state index in [-0.39, 0.29) is 0 Å². The summed E-state index contributed by atoms with van der Waals surface area (Å²) in [7, 11) is 0. The molecule has 0 aromatic heterocycles. The van der Waals surface area contributed by atoms with Gasteiger partial charge in [0.1, 0.15) is 0 Å². The second kappa shape index (κ2) is 14.9. The summed E-state index contributed by atoms with van der Waals surface area (Å²) in [5, 5.41) is 0. The molecule has 0 aliphatic heterocycles. The van der Waals surface area contributed by atoms with Crippen molar-refractivity contribution < 1.29 is 0 Å². The molecule has 0 saturated heterocycles. The Bertz CT molecular complexity index is 687. The summed E-state index contributed by atoms with van der Waals surface area (Å²) < 4.78 is 0. The monoisotopic (exact) mass is 422 g/mol. The van der Waals surface area contributed by atoms with Crippen LogP contribution in [0.25, 0.3) is 0 Å². The Labute approximate surface area is 191 Å². The highest BCUT2D eigenvalue weighted by Crippen LogP contribution is 2.24. The zero-order valence-corrected chi connectivity index (χ0v) is 20.2. The zero-order chi connectivity index (χ0) is 22.3. The van der Waals surface area contributed by atoms with Crippen LogP contribution >= 0.6 is 0 Å². The molecule has 2 rings (SSSR count). The minimum Gasteiger partial charge on any atom is -0.399 e. The molecule has 0 heterocycles. The van der Waals surface area contributed by atoms with Gasteiger partial charge in [0.05, 0.1) is 0 Å². The zero-order valence-electron chi connectivity index (χ0n) is 20.2. The first-order valence-corrected chi connectivity index (χ1v) is 12.9. The normalized spacial score (nSPS) is 11.2. The van der Waals surface area contributed by atoms with Crippen molar-refractivity contribution >= 4 is 11.4 Å². The molecule has 4 N–H and O–H groups in total. The van der Waals surface area contributed by atoms with E-state index >= 15 is 0 Å². The molecule has 0 spiro atoms. The average Bonchev–Trinajstić information content (AvgIpc) is 2.76. The van der Waals surface area contributed by atoms with Gasteiger partial charge in [-0.15, -0.1) is 0 Å². The van der Waals surface area contributed by atoms with Crippen LogP contribution in [0, 0.1) is 0 Å². The first kappa shape index (κ1) is 25.3. The summed E-state index contributed by atoms with van der Waals surface area (Å²) in [6.45, 7) is 4.55. The van der Waals surface area contributed by atoms with Crippen LogP contribution in [0.5, 0.6) is 0 Å². The van der Waals surface area contributed by atoms with E-state index in [4.69, 9.17) is 11.5 Å². The number of anilines is 2. The molecule has 0 radical (unpaired) electrons. The fourth-order valence-electron chi connectivity index (χ4n) is 4.50. The van der Waals surface area contributed by atoms with Crippen LogP contribution in [-0.4, -0.2) is 0 Å². The fraction of sp³-hybridized carbons (Fsp3) is 0.586. The van der Waals surface area contributed by atoms with Crippen LogP contribution in [0.2, 0.25) is 0 Å². The van der Waals surface area contributed by atoms with Crippen molar-refractivity contribution in [2.24, 2.45) is 0 Å². The third-order valence-electron chi connectivity index (χ3n) is 6.44. The molecule has 2 aromatic rings. The van der Waals surface area contributed by atoms with Crippen LogP contribution in [0.1, 0.15) is 113 Å². The topological polar surface area (TPSA) is 52.0 Å². The smallest absolute Gasteiger partial charge is 0.0316 e. The molecule has 0 aliphatic carbocycles. The van der Waals surface area contributed by atoms with Crippen molar-refractivity contribution in [3.8, 4) is 0 Å². The minimum atomic E-state index is 0.884. The predicted molar refractivity (Wildman–Crippen MR) is 139 cm³/mol. The van der Waals surface area contributed by atoms with Crippen LogP contribution in [0.3, 0.4) is 0 Å². The lowest BCUT2D eigenvalue weighted by atomic mass is 9.91. The summed E-state index contributed by atoms with van der Waals surface area (Å²) in [4.78, 5) is 0. The SMILES string of the molecule is CCCCCCCCc1cc(N)ccc1Cc1ccc(N)cc1CCCCCCCC. The average molecular weight is 423 g/mol. The van der Waals surface area contributed by atoms with E-state index in [0.29, 0.717) is 0 Å². The highest BCUT2D eigenvalue weighted by molar-refractivity contribution is 5.49. The van der Waals surface area contributed by atoms with E-state index in [1.54, 1.807) is 0 Å². The molecular weight excluding hydrogens is 376 g/mol. The standard InChI is InChI=1S/C29H46N2/c1-3-5-7-9-11-13-15-24-22-28(30)19-17-26(24)21-27-18-20-29(31)23-25(27)16-14-12-10-8-6-4-2/h17-20,22-23H,3-16,21,30-31H2,1-2H3. The molecule has 2 aromatic carbocycles. The Balaban J connectivity index is 1.99. The molecule has 0 aliphatic rings. The van der Waals surface area contributed by atoms with Gasteiger partial charge in [-0.2, -0.15) is 0 Å². The number of rotatable bonds is 16. The van der Waals surface area contributed by atoms with Crippen molar-refractivity contribution in [1.82, 2.24) is 0 Å². The summed E-state index contributed by atoms with van der Waals surface area (Å²) in [6, 6.07) is 13.0. The third-order valence-corrected chi connectivity index (χ3v) is 6.44. The predicted octanol–water partition coefficient (Wildman–Crippen LogP) is 8.25. The van der Waals surface area contributed by atoms with E-state index < -0.39 is 0 Å². The van der Waals surface area contributed by atoms with Gasteiger partial charge in [-0.1, -0.05) is 90.2 Å². The Hall–Kier alpha value is -1.96. The maximum Gasteiger partial charge on any atom is 0.0316 e. The molecule has 0 bridgehead atoms. The maximum atomic E-state index is 6.14. The first-order chi connectivity index (χ1) is 15.1. The number of nitrogens with two attached hydrogens (primary N) is 2. The second-order valence-corrected chi connectivity index (χ2v) is 9.27. The van der Waals surface area contributed by atoms with E-state index in [2.05, 4.69) is 50.2 Å². The van der Waals surface area contributed by atoms with Gasteiger partial charge in [0.2, 0.25) is 0 Å². The molecule has 0 unspecified atom stereocenters. The molecule has 2 heteroatoms. The van der Waals surface area contributed by atoms with Crippen LogP contribution in [0.15, 0.2) is 36.4 Å². The van der Waals surface area contributed by atoms with Crippen molar-refractivity contribution in [3.05, 3.63) is 58.7 Å². The lowest BCUT2D eigenvalue weighted by Gasteiger charge is -2.15. The Morgan fingerprint density at radius 2 is 0.871 bits per heavy atom. The minimum absolute atomic E-state index is 0.884. The van der Waals surface area contributed by atoms with E-state index in [1.165, 1.54) is 99.3 Å². The Kier molecular flexibility index (Phi) is 12.2. The molecule has 0 fully saturated rings. The van der Waals surface area contributed by atoms with Gasteiger partial charge < -0.3 is 11.5 Å². The van der Waals surface area contributed by atoms with Gasteiger partial charge >= 0.3 is 0 Å². The van der Waals surface area contributed by atoms with Gasteiger partial charge in [-0.05, 0) is 78.6 Å². The first-order valence-electron chi connectivity index (χ1n) is 12.9. The fourth-order valence-corrected chi connectivity index (χ4v) is 4.50. The van der Waals surface area contributed by atoms with E-state index in [1.807, 2.05) is 0 Å². The molecular formula is C29H46N2. The lowest BCUT2D eigenvalue weighted by Crippen LogP contribution is -2.02. The van der Waals surface area contributed by atoms with Crippen LogP contribution in [0.4, 0.5) is 11.4 Å². The van der Waals surface area contributed by atoms with Crippen molar-refractivity contribution in [2.45, 2.75) is 110 Å². The maximum absolute atomic E-state index is 6.14. The summed E-state index contributed by atoms with van der Waals surface area (Å²) >= 11 is 0. The number of aryl methyl sites for hydroxylation is 2. The van der Waals surface area contributed by atoms with Crippen molar-refractivity contribution in [2.75, 3.05) is 11.5 Å². The molecule has 0 atom stereocenters. The van der Waals surface area contributed by atoms with Crippen molar-refractivity contribution in [1.29, 1.82) is 0 Å². The van der Waals surface area contributed by atoms with E-state index in [0.717, 1.165) is 30.6 Å². The number of nitrogen functional groups attached to an aromatic ring is 2. The molecule has 0 saturated carbocycles. The Morgan fingerprint density at radius 1 is 0.484 bits per heavy atom. The summed E-state index contributed by atoms with van der Waals surface area (Å²) in [6.07, 6.45) is 19.2. The van der Waals surface area contributed by atoms with Gasteiger partial charge in [0, 0.05) is 11.4 Å². The third kappa shape index (κ3) is 9.80. The lowest BCUT2D eigenvalue weighted by molar-refractivity contribution is 0.606. The number of unbranched alkanes of at least 4 members (excludes halogenated alkanes) is 10. The summed E-state index contributed by atoms with van der Waals surface area (Å²) in [5.74, 6) is 0. The van der Waals surface area contributed by atoms with Gasteiger partial charge in [-0.25, -0.2) is 0 Å². The summed E-state index contributed by atoms with van der Waals surface area (Å²) in [5.41, 5.74) is 19.8. The Morgan fingerprint density at radius 3 is 1.29 bits per heavy atom. The van der Waals surface area contributed by atoms with Crippen molar-refractivity contribution in [3.63, 3.8) is 0 Å². The van der Waals surface area contributed by atoms with Gasteiger partial charge in [-0.3, -0.25) is 0 Å². The molecule has 31 heavy (non-hydrogen) atoms. The van der Waals surface area contributed by atoms with E-state index in [9.17, 15) is 0 Å². The quantitative estimate of drug-likeness (QED) is 0.211.